The van der Waals surface area contributed by atoms with Gasteiger partial charge in [-0.05, 0) is 4.53 Å². The fraction of sp³-hybridized carbons (Fsp3) is 1.00. The van der Waals surface area contributed by atoms with Crippen LogP contribution in [0, 0.1) is 0 Å². The minimum absolute atomic E-state index is 0. The molecule has 0 rings (SSSR count). The predicted octanol–water partition coefficient (Wildman–Crippen LogP) is 0.437. The first-order chi connectivity index (χ1) is 3.50. The Morgan fingerprint density at radius 3 is 1.67 bits per heavy atom. The molecule has 0 aliphatic heterocycles. The van der Waals surface area contributed by atoms with Gasteiger partial charge in [-0.15, -0.1) is 0 Å². The maximum Gasteiger partial charge on any atom is 0.363 e. The summed E-state index contributed by atoms with van der Waals surface area (Å²) in [4.78, 5) is 0. The molecule has 0 fully saturated rings. The zero-order valence-electron chi connectivity index (χ0n) is 3.92. The smallest absolute Gasteiger partial charge is 0.191 e. The van der Waals surface area contributed by atoms with Crippen LogP contribution in [0.25, 0.3) is 0 Å². The van der Waals surface area contributed by atoms with E-state index in [0.29, 0.717) is 0 Å². The van der Waals surface area contributed by atoms with E-state index in [4.69, 9.17) is 0 Å². The van der Waals surface area contributed by atoms with Crippen LogP contribution in [0.2, 0.25) is 0 Å². The molecule has 0 aliphatic rings. The van der Waals surface area contributed by atoms with Gasteiger partial charge in [0.2, 0.25) is 0 Å². The molecule has 0 saturated carbocycles. The maximum atomic E-state index is 10.9. The van der Waals surface area contributed by atoms with E-state index in [9.17, 15) is 21.7 Å². The van der Waals surface area contributed by atoms with Crippen LogP contribution < -0.4 is 0 Å². The third-order valence-corrected chi connectivity index (χ3v) is 0.918. The molecule has 0 N–H and O–H groups in total. The molecule has 0 aromatic rings. The largest absolute Gasteiger partial charge is 0.363 e. The van der Waals surface area contributed by atoms with Crippen LogP contribution in [-0.2, 0) is 47.2 Å². The molecule has 3 nitrogen and oxygen atoms in total. The summed E-state index contributed by atoms with van der Waals surface area (Å²) in [6, 6.07) is 0. The van der Waals surface area contributed by atoms with Crippen LogP contribution in [0.4, 0.5) is 13.3 Å². The van der Waals surface area contributed by atoms with E-state index in [1.807, 2.05) is 4.39 Å². The molecule has 0 heterocycles. The third-order valence-electron chi connectivity index (χ3n) is 0.306. The van der Waals surface area contributed by atoms with Gasteiger partial charge in [-0.25, -0.2) is 0 Å². The minimum atomic E-state index is -5.24. The summed E-state index contributed by atoms with van der Waals surface area (Å²) in [6.07, 6.45) is 0. The molecule has 0 saturated heterocycles. The standard InChI is InChI=1S/CHF3O3S.Y/c2-1(3)8(5,6)7-4;/h1H;. The van der Waals surface area contributed by atoms with Crippen molar-refractivity contribution < 1.29 is 58.8 Å². The van der Waals surface area contributed by atoms with Gasteiger partial charge in [0.25, 0.3) is 0 Å². The molecule has 0 atom stereocenters. The van der Waals surface area contributed by atoms with Crippen molar-refractivity contribution in [2.75, 3.05) is 0 Å². The zero-order valence-corrected chi connectivity index (χ0v) is 7.58. The minimum Gasteiger partial charge on any atom is -0.191 e. The molecule has 0 bridgehead atoms. The van der Waals surface area contributed by atoms with Gasteiger partial charge in [-0.2, -0.15) is 17.2 Å². The van der Waals surface area contributed by atoms with Crippen molar-refractivity contribution in [3.05, 3.63) is 0 Å². The summed E-state index contributed by atoms with van der Waals surface area (Å²) in [6.45, 7) is 0. The molecule has 8 heteroatoms. The molecular formula is CHF3O3SY. The van der Waals surface area contributed by atoms with Crippen molar-refractivity contribution >= 4 is 10.1 Å². The Morgan fingerprint density at radius 2 is 1.67 bits per heavy atom. The average Bonchev–Trinajstić information content (AvgIpc) is 1.67. The third kappa shape index (κ3) is 4.24. The maximum absolute atomic E-state index is 10.9. The van der Waals surface area contributed by atoms with E-state index >= 15 is 0 Å². The molecular weight excluding hydrogens is 238 g/mol. The Hall–Kier alpha value is 0.804. The van der Waals surface area contributed by atoms with Crippen LogP contribution >= 0.6 is 0 Å². The summed E-state index contributed by atoms with van der Waals surface area (Å²) in [5.41, 5.74) is 0. The van der Waals surface area contributed by atoms with Crippen LogP contribution in [-0.4, -0.2) is 14.2 Å². The molecule has 0 amide bonds. The van der Waals surface area contributed by atoms with Crippen molar-refractivity contribution in [2.24, 2.45) is 0 Å². The first-order valence-corrected chi connectivity index (χ1v) is 2.80. The van der Waals surface area contributed by atoms with E-state index < -0.39 is 15.9 Å². The van der Waals surface area contributed by atoms with Gasteiger partial charge in [0.15, 0.2) is 0 Å². The van der Waals surface area contributed by atoms with Gasteiger partial charge >= 0.3 is 15.9 Å². The van der Waals surface area contributed by atoms with Crippen LogP contribution in [0.5, 0.6) is 0 Å². The summed E-state index contributed by atoms with van der Waals surface area (Å²) in [5, 5.41) is 0. The van der Waals surface area contributed by atoms with Gasteiger partial charge in [0.1, 0.15) is 0 Å². The Balaban J connectivity index is 0. The van der Waals surface area contributed by atoms with Gasteiger partial charge in [0.05, 0.1) is 0 Å². The predicted molar refractivity (Wildman–Crippen MR) is 17.1 cm³/mol. The zero-order chi connectivity index (χ0) is 6.78. The summed E-state index contributed by atoms with van der Waals surface area (Å²) < 4.78 is 52.8. The topological polar surface area (TPSA) is 43.4 Å². The number of hydrogen-bond acceptors (Lipinski definition) is 3. The summed E-state index contributed by atoms with van der Waals surface area (Å²) >= 11 is 0. The summed E-state index contributed by atoms with van der Waals surface area (Å²) in [5.74, 6) is -3.81. The Labute approximate surface area is 74.5 Å². The van der Waals surface area contributed by atoms with Crippen molar-refractivity contribution in [2.45, 2.75) is 5.76 Å². The molecule has 9 heavy (non-hydrogen) atoms. The van der Waals surface area contributed by atoms with Gasteiger partial charge < -0.3 is 0 Å². The van der Waals surface area contributed by atoms with Crippen molar-refractivity contribution in [3.8, 4) is 0 Å². The van der Waals surface area contributed by atoms with Gasteiger partial charge in [0, 0.05) is 32.7 Å². The van der Waals surface area contributed by atoms with Crippen LogP contribution in [0.1, 0.15) is 0 Å². The Morgan fingerprint density at radius 1 is 1.33 bits per heavy atom. The Kier molecular flexibility index (Phi) is 6.37. The first kappa shape index (κ1) is 12.5. The molecule has 0 aliphatic carbocycles. The fourth-order valence-corrected chi connectivity index (χ4v) is 0.0825. The average molecular weight is 239 g/mol. The molecule has 53 valence electrons. The second kappa shape index (κ2) is 4.59. The number of rotatable bonds is 2. The van der Waals surface area contributed by atoms with E-state index in [1.54, 1.807) is 0 Å². The second-order valence-corrected chi connectivity index (χ2v) is 2.28. The van der Waals surface area contributed by atoms with Crippen molar-refractivity contribution in [1.29, 1.82) is 0 Å². The summed E-state index contributed by atoms with van der Waals surface area (Å²) in [7, 11) is -5.24. The van der Waals surface area contributed by atoms with Gasteiger partial charge in [-0.3, -0.25) is 0 Å². The van der Waals surface area contributed by atoms with Crippen molar-refractivity contribution in [1.82, 2.24) is 0 Å². The number of alkyl halides is 2. The van der Waals surface area contributed by atoms with E-state index in [2.05, 4.69) is 0 Å². The van der Waals surface area contributed by atoms with E-state index in [-0.39, 0.29) is 32.7 Å². The molecule has 1 radical (unpaired) electrons. The number of hydrogen-bond donors (Lipinski definition) is 0. The molecule has 0 aromatic heterocycles. The van der Waals surface area contributed by atoms with E-state index in [1.165, 1.54) is 0 Å². The molecule has 0 spiro atoms. The quantitative estimate of drug-likeness (QED) is 0.702. The normalized spacial score (nSPS) is 11.1. The van der Waals surface area contributed by atoms with Gasteiger partial charge in [-0.1, -0.05) is 4.39 Å². The second-order valence-electron chi connectivity index (χ2n) is 0.816. The monoisotopic (exact) mass is 239 g/mol. The fourth-order valence-electron chi connectivity index (χ4n) is 0.0275. The molecule has 0 aromatic carbocycles. The SMILES string of the molecule is O=S(=O)(OF)C(F)F.[Y]. The molecule has 0 unspecified atom stereocenters. The van der Waals surface area contributed by atoms with Crippen LogP contribution in [0.15, 0.2) is 0 Å². The van der Waals surface area contributed by atoms with E-state index in [0.717, 1.165) is 0 Å². The first-order valence-electron chi connectivity index (χ1n) is 1.33. The van der Waals surface area contributed by atoms with Crippen molar-refractivity contribution in [3.63, 3.8) is 0 Å². The Bertz CT molecular complexity index is 152. The van der Waals surface area contributed by atoms with Crippen LogP contribution in [0.3, 0.4) is 0 Å². The number of halogens is 3.